The summed E-state index contributed by atoms with van der Waals surface area (Å²) in [4.78, 5) is 29.2. The third kappa shape index (κ3) is 6.56. The minimum atomic E-state index is -3.55. The Labute approximate surface area is 202 Å². The number of rotatable bonds is 10. The molecule has 1 aromatic rings. The highest BCUT2D eigenvalue weighted by Crippen LogP contribution is 2.36. The molecule has 1 aliphatic carbocycles. The Bertz CT molecular complexity index is 924. The topological polar surface area (TPSA) is 99.3 Å². The highest BCUT2D eigenvalue weighted by molar-refractivity contribution is 7.89. The molecular formula is C24H36N4O5S. The summed E-state index contributed by atoms with van der Waals surface area (Å²) in [5, 5.41) is 2.90. The van der Waals surface area contributed by atoms with Gasteiger partial charge in [-0.2, -0.15) is 4.31 Å². The second-order valence-corrected chi connectivity index (χ2v) is 11.1. The minimum Gasteiger partial charge on any atom is -0.379 e. The van der Waals surface area contributed by atoms with Gasteiger partial charge < -0.3 is 15.0 Å². The Kier molecular flexibility index (Phi) is 8.57. The van der Waals surface area contributed by atoms with Crippen LogP contribution in [0.15, 0.2) is 35.2 Å². The first-order valence-electron chi connectivity index (χ1n) is 12.4. The van der Waals surface area contributed by atoms with E-state index in [-0.39, 0.29) is 36.7 Å². The summed E-state index contributed by atoms with van der Waals surface area (Å²) in [5.74, 6) is -0.143. The van der Waals surface area contributed by atoms with Crippen LogP contribution in [0, 0.1) is 0 Å². The Hall–Kier alpha value is -2.01. The zero-order chi connectivity index (χ0) is 24.0. The fourth-order valence-corrected chi connectivity index (χ4v) is 6.70. The van der Waals surface area contributed by atoms with Gasteiger partial charge in [-0.3, -0.25) is 14.5 Å². The molecule has 188 valence electrons. The summed E-state index contributed by atoms with van der Waals surface area (Å²) < 4.78 is 33.6. The van der Waals surface area contributed by atoms with Gasteiger partial charge in [-0.05, 0) is 37.8 Å². The van der Waals surface area contributed by atoms with Crippen molar-refractivity contribution in [3.63, 3.8) is 0 Å². The fraction of sp³-hybridized carbons (Fsp3) is 0.667. The van der Waals surface area contributed by atoms with Gasteiger partial charge in [0, 0.05) is 64.2 Å². The predicted octanol–water partition coefficient (Wildman–Crippen LogP) is 1.06. The van der Waals surface area contributed by atoms with Gasteiger partial charge in [0.25, 0.3) is 0 Å². The highest BCUT2D eigenvalue weighted by Gasteiger charge is 2.43. The van der Waals surface area contributed by atoms with E-state index in [1.54, 1.807) is 33.5 Å². The van der Waals surface area contributed by atoms with Crippen molar-refractivity contribution in [1.82, 2.24) is 19.4 Å². The number of morpholine rings is 1. The molecule has 9 nitrogen and oxygen atoms in total. The van der Waals surface area contributed by atoms with Gasteiger partial charge in [-0.15, -0.1) is 0 Å². The summed E-state index contributed by atoms with van der Waals surface area (Å²) in [5.41, 5.74) is 0. The first-order chi connectivity index (χ1) is 16.4. The Morgan fingerprint density at radius 3 is 2.24 bits per heavy atom. The van der Waals surface area contributed by atoms with E-state index in [1.165, 1.54) is 0 Å². The van der Waals surface area contributed by atoms with Gasteiger partial charge in [0.2, 0.25) is 21.8 Å². The van der Waals surface area contributed by atoms with E-state index in [0.29, 0.717) is 37.4 Å². The molecule has 2 aliphatic heterocycles. The van der Waals surface area contributed by atoms with E-state index >= 15 is 0 Å². The molecule has 4 rings (SSSR count). The highest BCUT2D eigenvalue weighted by atomic mass is 32.2. The lowest BCUT2D eigenvalue weighted by Gasteiger charge is -2.38. The summed E-state index contributed by atoms with van der Waals surface area (Å²) in [7, 11) is -3.55. The Balaban J connectivity index is 1.20. The molecule has 1 saturated carbocycles. The number of benzene rings is 1. The number of sulfonamides is 1. The molecule has 10 heteroatoms. The molecule has 0 spiro atoms. The molecule has 1 aromatic carbocycles. The monoisotopic (exact) mass is 492 g/mol. The van der Waals surface area contributed by atoms with Crippen LogP contribution in [0.3, 0.4) is 0 Å². The van der Waals surface area contributed by atoms with E-state index in [1.807, 2.05) is 6.07 Å². The predicted molar refractivity (Wildman–Crippen MR) is 128 cm³/mol. The molecule has 0 aromatic heterocycles. The molecule has 2 amide bonds. The second-order valence-electron chi connectivity index (χ2n) is 9.30. The van der Waals surface area contributed by atoms with Crippen molar-refractivity contribution in [2.24, 2.45) is 0 Å². The Morgan fingerprint density at radius 2 is 1.59 bits per heavy atom. The van der Waals surface area contributed by atoms with Crippen LogP contribution in [0.5, 0.6) is 0 Å². The van der Waals surface area contributed by atoms with Crippen molar-refractivity contribution in [2.45, 2.75) is 55.5 Å². The van der Waals surface area contributed by atoms with Crippen molar-refractivity contribution >= 4 is 21.8 Å². The SMILES string of the molecule is O=C(CCC(=O)N1CCC(N(C2CC2)S(=O)(=O)c2ccccc2)CC1)NCCN1CCOCC1. The number of carbonyl (C=O) groups is 2. The van der Waals surface area contributed by atoms with Crippen LogP contribution in [0.25, 0.3) is 0 Å². The Morgan fingerprint density at radius 1 is 0.941 bits per heavy atom. The third-order valence-electron chi connectivity index (χ3n) is 6.82. The second kappa shape index (κ2) is 11.6. The number of piperidine rings is 1. The van der Waals surface area contributed by atoms with Crippen LogP contribution < -0.4 is 5.32 Å². The molecule has 3 aliphatic rings. The van der Waals surface area contributed by atoms with Gasteiger partial charge in [-0.25, -0.2) is 8.42 Å². The minimum absolute atomic E-state index is 0.0364. The zero-order valence-electron chi connectivity index (χ0n) is 19.7. The number of nitrogens with one attached hydrogen (secondary N) is 1. The largest absolute Gasteiger partial charge is 0.379 e. The molecule has 0 radical (unpaired) electrons. The summed E-state index contributed by atoms with van der Waals surface area (Å²) in [6.07, 6.45) is 3.40. The summed E-state index contributed by atoms with van der Waals surface area (Å²) in [6.45, 7) is 5.65. The van der Waals surface area contributed by atoms with E-state index in [2.05, 4.69) is 10.2 Å². The van der Waals surface area contributed by atoms with Gasteiger partial charge in [-0.1, -0.05) is 18.2 Å². The number of carbonyl (C=O) groups excluding carboxylic acids is 2. The number of likely N-dealkylation sites (tertiary alicyclic amines) is 1. The van der Waals surface area contributed by atoms with Crippen LogP contribution in [0.4, 0.5) is 0 Å². The zero-order valence-corrected chi connectivity index (χ0v) is 20.5. The van der Waals surface area contributed by atoms with E-state index in [9.17, 15) is 18.0 Å². The molecule has 1 N–H and O–H groups in total. The average Bonchev–Trinajstić information content (AvgIpc) is 3.69. The number of nitrogens with zero attached hydrogens (tertiary/aromatic N) is 3. The van der Waals surface area contributed by atoms with Crippen molar-refractivity contribution in [1.29, 1.82) is 0 Å². The van der Waals surface area contributed by atoms with Crippen LogP contribution in [-0.2, 0) is 24.3 Å². The molecule has 2 saturated heterocycles. The summed E-state index contributed by atoms with van der Waals surface area (Å²) >= 11 is 0. The van der Waals surface area contributed by atoms with Gasteiger partial charge in [0.1, 0.15) is 0 Å². The maximum absolute atomic E-state index is 13.3. The standard InChI is InChI=1S/C24H36N4O5S/c29-23(25-12-15-26-16-18-33-19-17-26)8-9-24(30)27-13-10-21(11-14-27)28(20-6-7-20)34(31,32)22-4-2-1-3-5-22/h1-5,20-21H,6-19H2,(H,25,29). The first-order valence-corrected chi connectivity index (χ1v) is 13.8. The van der Waals surface area contributed by atoms with Gasteiger partial charge in [0.05, 0.1) is 18.1 Å². The smallest absolute Gasteiger partial charge is 0.243 e. The average molecular weight is 493 g/mol. The summed E-state index contributed by atoms with van der Waals surface area (Å²) in [6, 6.07) is 8.58. The van der Waals surface area contributed by atoms with Crippen molar-refractivity contribution in [3.05, 3.63) is 30.3 Å². The van der Waals surface area contributed by atoms with Crippen LogP contribution in [-0.4, -0.2) is 98.9 Å². The van der Waals surface area contributed by atoms with E-state index < -0.39 is 10.0 Å². The van der Waals surface area contributed by atoms with Crippen molar-refractivity contribution < 1.29 is 22.7 Å². The van der Waals surface area contributed by atoms with Crippen LogP contribution in [0.2, 0.25) is 0 Å². The third-order valence-corrected chi connectivity index (χ3v) is 8.84. The number of hydrogen-bond donors (Lipinski definition) is 1. The van der Waals surface area contributed by atoms with Crippen molar-refractivity contribution in [2.75, 3.05) is 52.5 Å². The van der Waals surface area contributed by atoms with Crippen molar-refractivity contribution in [3.8, 4) is 0 Å². The molecule has 34 heavy (non-hydrogen) atoms. The van der Waals surface area contributed by atoms with Gasteiger partial charge in [0.15, 0.2) is 0 Å². The van der Waals surface area contributed by atoms with E-state index in [0.717, 1.165) is 45.7 Å². The quantitative estimate of drug-likeness (QED) is 0.524. The molecule has 3 fully saturated rings. The lowest BCUT2D eigenvalue weighted by molar-refractivity contribution is -0.134. The molecule has 0 unspecified atom stereocenters. The number of amides is 2. The first kappa shape index (κ1) is 25.1. The molecule has 0 atom stereocenters. The van der Waals surface area contributed by atoms with E-state index in [4.69, 9.17) is 4.74 Å². The fourth-order valence-electron chi connectivity index (χ4n) is 4.75. The molecule has 0 bridgehead atoms. The normalized spacial score (nSPS) is 20.4. The lowest BCUT2D eigenvalue weighted by Crippen LogP contribution is -2.49. The van der Waals surface area contributed by atoms with Crippen LogP contribution in [0.1, 0.15) is 38.5 Å². The number of ether oxygens (including phenoxy) is 1. The van der Waals surface area contributed by atoms with Gasteiger partial charge >= 0.3 is 0 Å². The maximum atomic E-state index is 13.3. The molecular weight excluding hydrogens is 456 g/mol. The lowest BCUT2D eigenvalue weighted by atomic mass is 10.0. The maximum Gasteiger partial charge on any atom is 0.243 e. The number of hydrogen-bond acceptors (Lipinski definition) is 6. The van der Waals surface area contributed by atoms with Crippen LogP contribution >= 0.6 is 0 Å². The molecule has 2 heterocycles.